The molecule has 0 amide bonds. The Morgan fingerprint density at radius 3 is 2.68 bits per heavy atom. The lowest BCUT2D eigenvalue weighted by atomic mass is 10.1. The normalized spacial score (nSPS) is 12.4. The van der Waals surface area contributed by atoms with E-state index >= 15 is 0 Å². The van der Waals surface area contributed by atoms with Crippen molar-refractivity contribution in [3.05, 3.63) is 29.8 Å². The lowest BCUT2D eigenvalue weighted by Crippen LogP contribution is -2.24. The van der Waals surface area contributed by atoms with Crippen molar-refractivity contribution in [1.82, 2.24) is 5.32 Å². The average molecular weight is 267 g/mol. The highest BCUT2D eigenvalue weighted by Crippen LogP contribution is 2.24. The third-order valence-corrected chi connectivity index (χ3v) is 2.81. The van der Waals surface area contributed by atoms with Crippen molar-refractivity contribution in [3.63, 3.8) is 0 Å². The van der Waals surface area contributed by atoms with Crippen LogP contribution in [0.1, 0.15) is 25.5 Å². The first-order valence-electron chi connectivity index (χ1n) is 6.81. The molecule has 1 aromatic carbocycles. The summed E-state index contributed by atoms with van der Waals surface area (Å²) < 4.78 is 16.0. The molecule has 0 heterocycles. The zero-order valence-corrected chi connectivity index (χ0v) is 12.1. The van der Waals surface area contributed by atoms with Crippen LogP contribution in [0.4, 0.5) is 0 Å². The number of para-hydroxylation sites is 1. The van der Waals surface area contributed by atoms with E-state index in [0.29, 0.717) is 26.4 Å². The molecule has 0 radical (unpaired) electrons. The fraction of sp³-hybridized carbons (Fsp3) is 0.600. The maximum Gasteiger partial charge on any atom is 0.124 e. The second kappa shape index (κ2) is 9.78. The smallest absolute Gasteiger partial charge is 0.124 e. The third-order valence-electron chi connectivity index (χ3n) is 2.81. The first-order chi connectivity index (χ1) is 9.29. The molecule has 4 nitrogen and oxygen atoms in total. The van der Waals surface area contributed by atoms with Gasteiger partial charge in [-0.2, -0.15) is 0 Å². The molecule has 0 bridgehead atoms. The molecule has 1 unspecified atom stereocenters. The average Bonchev–Trinajstić information content (AvgIpc) is 2.43. The zero-order valence-electron chi connectivity index (χ0n) is 12.1. The maximum atomic E-state index is 5.63. The van der Waals surface area contributed by atoms with Crippen molar-refractivity contribution in [2.24, 2.45) is 0 Å². The molecule has 0 spiro atoms. The highest BCUT2D eigenvalue weighted by Gasteiger charge is 2.09. The number of hydrogen-bond donors (Lipinski definition) is 1. The highest BCUT2D eigenvalue weighted by atomic mass is 16.5. The van der Waals surface area contributed by atoms with E-state index in [0.717, 1.165) is 12.3 Å². The molecule has 0 aliphatic carbocycles. The Kier molecular flexibility index (Phi) is 8.21. The number of benzene rings is 1. The first kappa shape index (κ1) is 16.0. The van der Waals surface area contributed by atoms with E-state index in [-0.39, 0.29) is 6.04 Å². The summed E-state index contributed by atoms with van der Waals surface area (Å²) in [6, 6.07) is 8.37. The largest absolute Gasteiger partial charge is 0.494 e. The van der Waals surface area contributed by atoms with Crippen molar-refractivity contribution < 1.29 is 14.2 Å². The minimum atomic E-state index is 0.244. The van der Waals surface area contributed by atoms with Gasteiger partial charge in [0.1, 0.15) is 5.75 Å². The van der Waals surface area contributed by atoms with Crippen LogP contribution in [0.25, 0.3) is 0 Å². The Morgan fingerprint density at radius 1 is 1.16 bits per heavy atom. The number of methoxy groups -OCH3 is 1. The van der Waals surface area contributed by atoms with Gasteiger partial charge in [-0.15, -0.1) is 0 Å². The third kappa shape index (κ3) is 6.05. The summed E-state index contributed by atoms with van der Waals surface area (Å²) in [6.07, 6.45) is 0. The summed E-state index contributed by atoms with van der Waals surface area (Å²) in [6.45, 7) is 7.59. The van der Waals surface area contributed by atoms with Gasteiger partial charge in [-0.3, -0.25) is 0 Å². The molecule has 0 aliphatic heterocycles. The molecular formula is C15H25NO3. The van der Waals surface area contributed by atoms with Crippen LogP contribution in [-0.4, -0.2) is 40.1 Å². The summed E-state index contributed by atoms with van der Waals surface area (Å²) in [4.78, 5) is 0. The molecule has 0 saturated carbocycles. The molecule has 1 aromatic rings. The van der Waals surface area contributed by atoms with Crippen LogP contribution in [0.2, 0.25) is 0 Å². The number of hydrogen-bond acceptors (Lipinski definition) is 4. The van der Waals surface area contributed by atoms with Crippen LogP contribution < -0.4 is 10.1 Å². The van der Waals surface area contributed by atoms with Crippen LogP contribution in [0.15, 0.2) is 24.3 Å². The molecule has 1 N–H and O–H groups in total. The van der Waals surface area contributed by atoms with E-state index in [2.05, 4.69) is 18.3 Å². The summed E-state index contributed by atoms with van der Waals surface area (Å²) in [5.41, 5.74) is 1.18. The molecule has 1 atom stereocenters. The lowest BCUT2D eigenvalue weighted by Gasteiger charge is -2.18. The van der Waals surface area contributed by atoms with Gasteiger partial charge in [0.25, 0.3) is 0 Å². The van der Waals surface area contributed by atoms with Gasteiger partial charge in [0.15, 0.2) is 0 Å². The highest BCUT2D eigenvalue weighted by molar-refractivity contribution is 5.35. The van der Waals surface area contributed by atoms with Gasteiger partial charge in [0, 0.05) is 25.3 Å². The Hall–Kier alpha value is -1.10. The second-order valence-electron chi connectivity index (χ2n) is 4.25. The van der Waals surface area contributed by atoms with Crippen LogP contribution in [-0.2, 0) is 9.47 Å². The fourth-order valence-corrected chi connectivity index (χ4v) is 1.83. The molecular weight excluding hydrogens is 242 g/mol. The van der Waals surface area contributed by atoms with Crippen molar-refractivity contribution in [3.8, 4) is 5.75 Å². The minimum Gasteiger partial charge on any atom is -0.494 e. The van der Waals surface area contributed by atoms with Gasteiger partial charge in [-0.05, 0) is 19.9 Å². The molecule has 0 aromatic heterocycles. The van der Waals surface area contributed by atoms with E-state index in [1.807, 2.05) is 25.1 Å². The SMILES string of the molecule is CCOc1ccccc1C(C)NCCOCCOC. The van der Waals surface area contributed by atoms with Crippen molar-refractivity contribution in [2.45, 2.75) is 19.9 Å². The molecule has 19 heavy (non-hydrogen) atoms. The summed E-state index contributed by atoms with van der Waals surface area (Å²) in [5.74, 6) is 0.949. The summed E-state index contributed by atoms with van der Waals surface area (Å²) >= 11 is 0. The zero-order chi connectivity index (χ0) is 13.9. The predicted octanol–water partition coefficient (Wildman–Crippen LogP) is 2.40. The van der Waals surface area contributed by atoms with Crippen LogP contribution in [0.3, 0.4) is 0 Å². The monoisotopic (exact) mass is 267 g/mol. The van der Waals surface area contributed by atoms with E-state index in [1.165, 1.54) is 5.56 Å². The van der Waals surface area contributed by atoms with E-state index in [4.69, 9.17) is 14.2 Å². The van der Waals surface area contributed by atoms with Crippen LogP contribution in [0.5, 0.6) is 5.75 Å². The molecule has 4 heteroatoms. The molecule has 108 valence electrons. The molecule has 0 fully saturated rings. The topological polar surface area (TPSA) is 39.7 Å². The Bertz CT molecular complexity index is 344. The maximum absolute atomic E-state index is 5.63. The first-order valence-corrected chi connectivity index (χ1v) is 6.81. The quantitative estimate of drug-likeness (QED) is 0.661. The lowest BCUT2D eigenvalue weighted by molar-refractivity contribution is 0.0712. The molecule has 1 rings (SSSR count). The Labute approximate surface area is 116 Å². The van der Waals surface area contributed by atoms with E-state index < -0.39 is 0 Å². The number of rotatable bonds is 10. The van der Waals surface area contributed by atoms with E-state index in [1.54, 1.807) is 7.11 Å². The van der Waals surface area contributed by atoms with Crippen molar-refractivity contribution in [1.29, 1.82) is 0 Å². The molecule has 0 saturated heterocycles. The van der Waals surface area contributed by atoms with Crippen LogP contribution >= 0.6 is 0 Å². The molecule has 0 aliphatic rings. The van der Waals surface area contributed by atoms with Gasteiger partial charge in [-0.1, -0.05) is 18.2 Å². The van der Waals surface area contributed by atoms with Gasteiger partial charge >= 0.3 is 0 Å². The van der Waals surface area contributed by atoms with Gasteiger partial charge in [0.05, 0.1) is 26.4 Å². The standard InChI is InChI=1S/C15H25NO3/c1-4-19-15-8-6-5-7-14(15)13(2)16-9-10-18-12-11-17-3/h5-8,13,16H,4,9-12H2,1-3H3. The van der Waals surface area contributed by atoms with Crippen LogP contribution in [0, 0.1) is 0 Å². The Balaban J connectivity index is 2.34. The summed E-state index contributed by atoms with van der Waals surface area (Å²) in [5, 5.41) is 3.43. The predicted molar refractivity (Wildman–Crippen MR) is 76.7 cm³/mol. The van der Waals surface area contributed by atoms with Gasteiger partial charge in [-0.25, -0.2) is 0 Å². The fourth-order valence-electron chi connectivity index (χ4n) is 1.83. The van der Waals surface area contributed by atoms with E-state index in [9.17, 15) is 0 Å². The van der Waals surface area contributed by atoms with Crippen molar-refractivity contribution >= 4 is 0 Å². The van der Waals surface area contributed by atoms with Crippen molar-refractivity contribution in [2.75, 3.05) is 40.1 Å². The number of ether oxygens (including phenoxy) is 3. The van der Waals surface area contributed by atoms with Gasteiger partial charge in [0.2, 0.25) is 0 Å². The number of nitrogens with one attached hydrogen (secondary N) is 1. The Morgan fingerprint density at radius 2 is 1.95 bits per heavy atom. The second-order valence-corrected chi connectivity index (χ2v) is 4.25. The summed E-state index contributed by atoms with van der Waals surface area (Å²) in [7, 11) is 1.67. The minimum absolute atomic E-state index is 0.244. The van der Waals surface area contributed by atoms with Gasteiger partial charge < -0.3 is 19.5 Å².